The van der Waals surface area contributed by atoms with Gasteiger partial charge in [-0.25, -0.2) is 4.98 Å². The molecule has 0 spiro atoms. The van der Waals surface area contributed by atoms with Gasteiger partial charge >= 0.3 is 0 Å². The van der Waals surface area contributed by atoms with Gasteiger partial charge in [-0.05, 0) is 30.7 Å². The van der Waals surface area contributed by atoms with Crippen LogP contribution >= 0.6 is 33.3 Å². The average Bonchev–Trinajstić information content (AvgIpc) is 3.25. The zero-order valence-corrected chi connectivity index (χ0v) is 18.4. The highest BCUT2D eigenvalue weighted by molar-refractivity contribution is 8.76. The molecule has 2 saturated heterocycles. The van der Waals surface area contributed by atoms with Crippen LogP contribution in [0.2, 0.25) is 0 Å². The van der Waals surface area contributed by atoms with Gasteiger partial charge < -0.3 is 20.5 Å². The van der Waals surface area contributed by atoms with Crippen molar-refractivity contribution in [2.45, 2.75) is 12.5 Å². The Hall–Kier alpha value is -1.78. The van der Waals surface area contributed by atoms with Crippen molar-refractivity contribution in [1.29, 1.82) is 0 Å². The second-order valence-electron chi connectivity index (χ2n) is 7.00. The largest absolute Gasteiger partial charge is 0.370 e. The number of thioether (sulfide) groups is 1. The summed E-state index contributed by atoms with van der Waals surface area (Å²) in [5.74, 6) is 5.99. The van der Waals surface area contributed by atoms with E-state index in [1.165, 1.54) is 17.2 Å². The topological polar surface area (TPSA) is 81.8 Å². The number of anilines is 4. The Kier molecular flexibility index (Phi) is 5.91. The zero-order valence-electron chi connectivity index (χ0n) is 15.9. The summed E-state index contributed by atoms with van der Waals surface area (Å²) in [6.45, 7) is 2.23. The van der Waals surface area contributed by atoms with Gasteiger partial charge in [-0.1, -0.05) is 21.6 Å². The Bertz CT molecular complexity index is 950. The fourth-order valence-corrected chi connectivity index (χ4v) is 6.80. The molecule has 2 aromatic heterocycles. The molecule has 10 heteroatoms. The monoisotopic (exact) mass is 445 g/mol. The molecule has 2 fully saturated rings. The third kappa shape index (κ3) is 4.54. The van der Waals surface area contributed by atoms with E-state index in [0.29, 0.717) is 12.0 Å². The number of nitrogens with zero attached hydrogens (tertiary/aromatic N) is 4. The van der Waals surface area contributed by atoms with Crippen molar-refractivity contribution in [3.05, 3.63) is 30.6 Å². The number of aromatic amines is 1. The van der Waals surface area contributed by atoms with Crippen molar-refractivity contribution < 1.29 is 0 Å². The van der Waals surface area contributed by atoms with E-state index in [4.69, 9.17) is 4.98 Å². The highest BCUT2D eigenvalue weighted by atomic mass is 33.1. The van der Waals surface area contributed by atoms with E-state index in [1.54, 1.807) is 6.33 Å². The van der Waals surface area contributed by atoms with Crippen LogP contribution in [0.1, 0.15) is 6.42 Å². The quantitative estimate of drug-likeness (QED) is 0.500. The van der Waals surface area contributed by atoms with E-state index in [2.05, 4.69) is 54.8 Å². The van der Waals surface area contributed by atoms with Crippen molar-refractivity contribution in [3.8, 4) is 0 Å². The molecule has 4 heterocycles. The SMILES string of the molecule is c1nc2c(N[C@H]3CCSSC3)nc(Nc3ccc(N4CCSCC4)cc3)nc2[nH]1. The highest BCUT2D eigenvalue weighted by Gasteiger charge is 2.18. The van der Waals surface area contributed by atoms with Crippen LogP contribution in [-0.4, -0.2) is 62.1 Å². The molecule has 2 aliphatic rings. The van der Waals surface area contributed by atoms with Crippen LogP contribution in [0.3, 0.4) is 0 Å². The number of benzene rings is 1. The maximum Gasteiger partial charge on any atom is 0.231 e. The van der Waals surface area contributed by atoms with Crippen LogP contribution in [0.5, 0.6) is 0 Å². The summed E-state index contributed by atoms with van der Waals surface area (Å²) in [4.78, 5) is 19.3. The van der Waals surface area contributed by atoms with Gasteiger partial charge in [0.05, 0.1) is 6.33 Å². The molecule has 1 aromatic carbocycles. The van der Waals surface area contributed by atoms with E-state index < -0.39 is 0 Å². The van der Waals surface area contributed by atoms with Crippen molar-refractivity contribution in [2.75, 3.05) is 51.6 Å². The summed E-state index contributed by atoms with van der Waals surface area (Å²) in [6, 6.07) is 8.94. The first-order valence-corrected chi connectivity index (χ1v) is 13.4. The summed E-state index contributed by atoms with van der Waals surface area (Å²) < 4.78 is 0. The summed E-state index contributed by atoms with van der Waals surface area (Å²) in [6.07, 6.45) is 2.80. The van der Waals surface area contributed by atoms with Crippen LogP contribution < -0.4 is 15.5 Å². The first-order valence-electron chi connectivity index (χ1n) is 9.77. The fraction of sp³-hybridized carbons (Fsp3) is 0.421. The lowest BCUT2D eigenvalue weighted by molar-refractivity contribution is 0.776. The summed E-state index contributed by atoms with van der Waals surface area (Å²) in [7, 11) is 3.85. The molecule has 2 aliphatic heterocycles. The average molecular weight is 446 g/mol. The minimum absolute atomic E-state index is 0.408. The number of hydrogen-bond donors (Lipinski definition) is 3. The Balaban J connectivity index is 1.34. The number of hydrogen-bond acceptors (Lipinski definition) is 9. The van der Waals surface area contributed by atoms with Crippen LogP contribution in [0.25, 0.3) is 11.2 Å². The number of rotatable bonds is 5. The molecular formula is C19H23N7S3. The van der Waals surface area contributed by atoms with Crippen molar-refractivity contribution in [1.82, 2.24) is 19.9 Å². The van der Waals surface area contributed by atoms with Gasteiger partial charge in [-0.2, -0.15) is 21.7 Å². The molecule has 29 heavy (non-hydrogen) atoms. The van der Waals surface area contributed by atoms with E-state index in [0.717, 1.165) is 53.7 Å². The van der Waals surface area contributed by atoms with Gasteiger partial charge in [0.2, 0.25) is 5.95 Å². The lowest BCUT2D eigenvalue weighted by atomic mass is 10.2. The number of imidazole rings is 1. The van der Waals surface area contributed by atoms with E-state index in [9.17, 15) is 0 Å². The molecule has 0 saturated carbocycles. The summed E-state index contributed by atoms with van der Waals surface area (Å²) >= 11 is 2.03. The van der Waals surface area contributed by atoms with Crippen LogP contribution in [0, 0.1) is 0 Å². The molecule has 152 valence electrons. The van der Waals surface area contributed by atoms with Crippen LogP contribution in [0.4, 0.5) is 23.1 Å². The molecule has 0 amide bonds. The first kappa shape index (κ1) is 19.2. The van der Waals surface area contributed by atoms with Crippen molar-refractivity contribution in [2.24, 2.45) is 0 Å². The Labute approximate surface area is 182 Å². The normalized spacial score (nSPS) is 20.0. The minimum atomic E-state index is 0.408. The Morgan fingerprint density at radius 2 is 1.90 bits per heavy atom. The highest BCUT2D eigenvalue weighted by Crippen LogP contribution is 2.31. The van der Waals surface area contributed by atoms with Gasteiger partial charge in [0.25, 0.3) is 0 Å². The predicted octanol–water partition coefficient (Wildman–Crippen LogP) is 4.22. The predicted molar refractivity (Wildman–Crippen MR) is 128 cm³/mol. The third-order valence-electron chi connectivity index (χ3n) is 5.02. The summed E-state index contributed by atoms with van der Waals surface area (Å²) in [5, 5.41) is 6.92. The second-order valence-corrected chi connectivity index (χ2v) is 10.9. The number of aromatic nitrogens is 4. The van der Waals surface area contributed by atoms with Gasteiger partial charge in [0.1, 0.15) is 5.52 Å². The van der Waals surface area contributed by atoms with Gasteiger partial charge in [0.15, 0.2) is 11.5 Å². The second kappa shape index (κ2) is 8.93. The zero-order chi connectivity index (χ0) is 19.5. The van der Waals surface area contributed by atoms with Gasteiger partial charge in [-0.15, -0.1) is 0 Å². The van der Waals surface area contributed by atoms with Crippen molar-refractivity contribution >= 4 is 67.7 Å². The first-order chi connectivity index (χ1) is 14.3. The molecule has 0 unspecified atom stereocenters. The van der Waals surface area contributed by atoms with Gasteiger partial charge in [0, 0.05) is 53.5 Å². The van der Waals surface area contributed by atoms with Crippen LogP contribution in [0.15, 0.2) is 30.6 Å². The minimum Gasteiger partial charge on any atom is -0.370 e. The fourth-order valence-electron chi connectivity index (χ4n) is 3.47. The van der Waals surface area contributed by atoms with Crippen LogP contribution in [-0.2, 0) is 0 Å². The maximum atomic E-state index is 4.73. The van der Waals surface area contributed by atoms with Gasteiger partial charge in [-0.3, -0.25) is 0 Å². The number of H-pyrrole nitrogens is 1. The summed E-state index contributed by atoms with van der Waals surface area (Å²) in [5.41, 5.74) is 3.78. The maximum absolute atomic E-state index is 4.73. The van der Waals surface area contributed by atoms with E-state index in [-0.39, 0.29) is 0 Å². The molecule has 0 bridgehead atoms. The number of fused-ring (bicyclic) bond motifs is 1. The van der Waals surface area contributed by atoms with E-state index >= 15 is 0 Å². The Morgan fingerprint density at radius 1 is 1.03 bits per heavy atom. The van der Waals surface area contributed by atoms with Crippen molar-refractivity contribution in [3.63, 3.8) is 0 Å². The molecular weight excluding hydrogens is 422 g/mol. The Morgan fingerprint density at radius 3 is 2.69 bits per heavy atom. The molecule has 0 aliphatic carbocycles. The van der Waals surface area contributed by atoms with E-state index in [1.807, 2.05) is 33.3 Å². The molecule has 3 aromatic rings. The standard InChI is InChI=1S/C19H23N7S3/c1-3-15(26-6-9-27-10-7-26)4-2-13(1)23-19-24-17-16(20-12-21-17)18(25-19)22-14-5-8-28-29-11-14/h1-4,12,14H,5-11H2,(H3,20,21,22,23,24,25)/t14-/m0/s1. The molecule has 1 atom stereocenters. The lowest BCUT2D eigenvalue weighted by Crippen LogP contribution is -2.32. The molecule has 7 nitrogen and oxygen atoms in total. The molecule has 0 radical (unpaired) electrons. The smallest absolute Gasteiger partial charge is 0.231 e. The third-order valence-corrected chi connectivity index (χ3v) is 8.48. The number of nitrogens with one attached hydrogen (secondary N) is 3. The lowest BCUT2D eigenvalue weighted by Gasteiger charge is -2.28. The molecule has 3 N–H and O–H groups in total. The molecule has 5 rings (SSSR count).